The lowest BCUT2D eigenvalue weighted by Gasteiger charge is -2.02. The van der Waals surface area contributed by atoms with Crippen LogP contribution in [-0.2, 0) is 6.42 Å². The molecule has 0 bridgehead atoms. The molecule has 0 aliphatic heterocycles. The number of halogens is 3. The van der Waals surface area contributed by atoms with Crippen molar-refractivity contribution in [3.63, 3.8) is 0 Å². The summed E-state index contributed by atoms with van der Waals surface area (Å²) in [5.41, 5.74) is 0.449. The fourth-order valence-electron chi connectivity index (χ4n) is 2.09. The fraction of sp³-hybridized carbons (Fsp3) is 0.0625. The van der Waals surface area contributed by atoms with Gasteiger partial charge in [-0.25, -0.2) is 8.78 Å². The van der Waals surface area contributed by atoms with Crippen molar-refractivity contribution in [2.24, 2.45) is 0 Å². The molecule has 3 aromatic rings. The Labute approximate surface area is 128 Å². The van der Waals surface area contributed by atoms with Gasteiger partial charge < -0.3 is 0 Å². The zero-order valence-corrected chi connectivity index (χ0v) is 12.3. The van der Waals surface area contributed by atoms with Crippen molar-refractivity contribution in [3.05, 3.63) is 69.6 Å². The number of hydrogen-bond acceptors (Lipinski definition) is 2. The summed E-state index contributed by atoms with van der Waals surface area (Å²) in [5, 5.41) is 1.05. The first-order valence-corrected chi connectivity index (χ1v) is 7.38. The first-order valence-electron chi connectivity index (χ1n) is 6.19. The van der Waals surface area contributed by atoms with Crippen molar-refractivity contribution in [2.75, 3.05) is 0 Å². The number of thiophene rings is 1. The van der Waals surface area contributed by atoms with E-state index < -0.39 is 5.82 Å². The molecule has 1 nitrogen and oxygen atoms in total. The molecule has 21 heavy (non-hydrogen) atoms. The molecule has 0 aliphatic rings. The molecule has 0 fully saturated rings. The van der Waals surface area contributed by atoms with Gasteiger partial charge >= 0.3 is 0 Å². The van der Waals surface area contributed by atoms with Crippen molar-refractivity contribution >= 4 is 38.8 Å². The Kier molecular flexibility index (Phi) is 3.74. The van der Waals surface area contributed by atoms with Gasteiger partial charge in [0.2, 0.25) is 0 Å². The van der Waals surface area contributed by atoms with E-state index in [0.29, 0.717) is 20.8 Å². The van der Waals surface area contributed by atoms with Gasteiger partial charge in [0.1, 0.15) is 11.6 Å². The second-order valence-electron chi connectivity index (χ2n) is 4.63. The van der Waals surface area contributed by atoms with Gasteiger partial charge in [0.15, 0.2) is 5.78 Å². The van der Waals surface area contributed by atoms with Crippen LogP contribution in [0.2, 0.25) is 5.02 Å². The zero-order chi connectivity index (χ0) is 15.0. The molecule has 0 unspecified atom stereocenters. The number of fused-ring (bicyclic) bond motifs is 1. The van der Waals surface area contributed by atoms with Gasteiger partial charge in [0, 0.05) is 16.1 Å². The molecule has 0 aliphatic carbocycles. The number of carbonyl (C=O) groups excluding carboxylic acids is 1. The van der Waals surface area contributed by atoms with Crippen molar-refractivity contribution in [1.82, 2.24) is 0 Å². The Morgan fingerprint density at radius 2 is 1.76 bits per heavy atom. The molecule has 2 aromatic carbocycles. The first-order chi connectivity index (χ1) is 10.0. The van der Waals surface area contributed by atoms with Crippen LogP contribution in [0.4, 0.5) is 8.78 Å². The Morgan fingerprint density at radius 3 is 2.57 bits per heavy atom. The van der Waals surface area contributed by atoms with Gasteiger partial charge in [-0.15, -0.1) is 11.3 Å². The van der Waals surface area contributed by atoms with Crippen molar-refractivity contribution in [3.8, 4) is 0 Å². The van der Waals surface area contributed by atoms with Crippen LogP contribution in [0.15, 0.2) is 42.5 Å². The minimum absolute atomic E-state index is 0.0197. The third-order valence-corrected chi connectivity index (χ3v) is 4.64. The molecule has 0 atom stereocenters. The van der Waals surface area contributed by atoms with Crippen LogP contribution in [0.25, 0.3) is 10.1 Å². The molecule has 0 saturated heterocycles. The minimum Gasteiger partial charge on any atom is -0.293 e. The Morgan fingerprint density at radius 1 is 1.05 bits per heavy atom. The molecule has 3 rings (SSSR count). The van der Waals surface area contributed by atoms with Gasteiger partial charge in [-0.3, -0.25) is 4.79 Å². The lowest BCUT2D eigenvalue weighted by molar-refractivity contribution is 0.0997. The zero-order valence-electron chi connectivity index (χ0n) is 10.7. The number of carbonyl (C=O) groups is 1. The lowest BCUT2D eigenvalue weighted by atomic mass is 10.1. The highest BCUT2D eigenvalue weighted by Gasteiger charge is 2.14. The van der Waals surface area contributed by atoms with Crippen LogP contribution in [0.1, 0.15) is 15.2 Å². The summed E-state index contributed by atoms with van der Waals surface area (Å²) in [5.74, 6) is -0.933. The van der Waals surface area contributed by atoms with E-state index in [2.05, 4.69) is 0 Å². The highest BCUT2D eigenvalue weighted by atomic mass is 35.5. The average Bonchev–Trinajstić information content (AvgIpc) is 2.86. The first kappa shape index (κ1) is 14.2. The van der Waals surface area contributed by atoms with E-state index >= 15 is 0 Å². The van der Waals surface area contributed by atoms with E-state index in [4.69, 9.17) is 11.6 Å². The monoisotopic (exact) mass is 322 g/mol. The van der Waals surface area contributed by atoms with E-state index in [0.717, 1.165) is 4.70 Å². The third kappa shape index (κ3) is 2.96. The molecule has 0 spiro atoms. The second-order valence-corrected chi connectivity index (χ2v) is 6.12. The molecule has 1 aromatic heterocycles. The largest absolute Gasteiger partial charge is 0.293 e. The highest BCUT2D eigenvalue weighted by Crippen LogP contribution is 2.28. The Hall–Kier alpha value is -1.78. The van der Waals surface area contributed by atoms with Crippen LogP contribution in [0.3, 0.4) is 0 Å². The molecular formula is C16H9ClF2OS. The molecule has 106 valence electrons. The quantitative estimate of drug-likeness (QED) is 0.601. The molecule has 0 amide bonds. The van der Waals surface area contributed by atoms with E-state index in [1.54, 1.807) is 12.1 Å². The van der Waals surface area contributed by atoms with Gasteiger partial charge in [0.25, 0.3) is 0 Å². The summed E-state index contributed by atoms with van der Waals surface area (Å²) in [6.07, 6.45) is 0.0197. The Bertz CT molecular complexity index is 841. The van der Waals surface area contributed by atoms with Gasteiger partial charge in [-0.2, -0.15) is 0 Å². The summed E-state index contributed by atoms with van der Waals surface area (Å²) in [4.78, 5) is 12.8. The predicted octanol–water partition coefficient (Wildman–Crippen LogP) is 5.26. The van der Waals surface area contributed by atoms with Crippen molar-refractivity contribution in [2.45, 2.75) is 6.42 Å². The maximum Gasteiger partial charge on any atom is 0.177 e. The topological polar surface area (TPSA) is 17.1 Å². The number of hydrogen-bond donors (Lipinski definition) is 0. The summed E-state index contributed by atoms with van der Waals surface area (Å²) in [6.45, 7) is 0. The van der Waals surface area contributed by atoms with Gasteiger partial charge in [-0.05, 0) is 53.4 Å². The molecule has 5 heteroatoms. The second kappa shape index (κ2) is 5.54. The van der Waals surface area contributed by atoms with Crippen LogP contribution in [-0.4, -0.2) is 5.78 Å². The number of ketones is 1. The minimum atomic E-state index is -0.430. The SMILES string of the molecule is O=C(Cc1cc(F)ccc1Cl)c1cc2cc(F)ccc2s1. The fourth-order valence-corrected chi connectivity index (χ4v) is 3.26. The summed E-state index contributed by atoms with van der Waals surface area (Å²) in [7, 11) is 0. The van der Waals surface area contributed by atoms with Gasteiger partial charge in [0.05, 0.1) is 4.88 Å². The maximum atomic E-state index is 13.2. The summed E-state index contributed by atoms with van der Waals surface area (Å²) < 4.78 is 27.2. The Balaban J connectivity index is 1.91. The highest BCUT2D eigenvalue weighted by molar-refractivity contribution is 7.20. The van der Waals surface area contributed by atoms with Crippen molar-refractivity contribution < 1.29 is 13.6 Å². The van der Waals surface area contributed by atoms with Crippen molar-refractivity contribution in [1.29, 1.82) is 0 Å². The molecule has 0 radical (unpaired) electrons. The van der Waals surface area contributed by atoms with E-state index in [1.807, 2.05) is 0 Å². The van der Waals surface area contributed by atoms with Crippen LogP contribution >= 0.6 is 22.9 Å². The maximum absolute atomic E-state index is 13.2. The lowest BCUT2D eigenvalue weighted by Crippen LogP contribution is -2.02. The van der Waals surface area contributed by atoms with Gasteiger partial charge in [-0.1, -0.05) is 11.6 Å². The van der Waals surface area contributed by atoms with E-state index in [1.165, 1.54) is 41.7 Å². The number of Topliss-reactive ketones (excluding diaryl/α,β-unsaturated/α-hetero) is 1. The van der Waals surface area contributed by atoms with Crippen LogP contribution in [0, 0.1) is 11.6 Å². The normalized spacial score (nSPS) is 11.0. The predicted molar refractivity (Wildman–Crippen MR) is 81.2 cm³/mol. The molecule has 0 N–H and O–H groups in total. The standard InChI is InChI=1S/C16H9ClF2OS/c17-13-3-1-11(18)5-9(13)7-14(20)16-8-10-6-12(19)2-4-15(10)21-16/h1-6,8H,7H2. The third-order valence-electron chi connectivity index (χ3n) is 3.11. The molecule has 0 saturated carbocycles. The number of rotatable bonds is 3. The smallest absolute Gasteiger partial charge is 0.177 e. The summed E-state index contributed by atoms with van der Waals surface area (Å²) >= 11 is 7.25. The number of benzene rings is 2. The van der Waals surface area contributed by atoms with E-state index in [-0.39, 0.29) is 18.0 Å². The van der Waals surface area contributed by atoms with E-state index in [9.17, 15) is 13.6 Å². The molecular weight excluding hydrogens is 314 g/mol. The summed E-state index contributed by atoms with van der Waals surface area (Å²) in [6, 6.07) is 9.97. The van der Waals surface area contributed by atoms with Crippen LogP contribution in [0.5, 0.6) is 0 Å². The van der Waals surface area contributed by atoms with Crippen LogP contribution < -0.4 is 0 Å². The average molecular weight is 323 g/mol. The molecule has 1 heterocycles.